The molecule has 102 valence electrons. The summed E-state index contributed by atoms with van der Waals surface area (Å²) >= 11 is 0. The lowest BCUT2D eigenvalue weighted by molar-refractivity contribution is 0.121. The van der Waals surface area contributed by atoms with Crippen LogP contribution in [0.3, 0.4) is 0 Å². The fourth-order valence-electron chi connectivity index (χ4n) is 2.45. The number of nitrogen functional groups attached to an aromatic ring is 1. The molecule has 0 saturated carbocycles. The lowest BCUT2D eigenvalue weighted by atomic mass is 10.1. The summed E-state index contributed by atoms with van der Waals surface area (Å²) in [4.78, 5) is 8.82. The van der Waals surface area contributed by atoms with Crippen molar-refractivity contribution in [3.8, 4) is 5.88 Å². The van der Waals surface area contributed by atoms with E-state index in [1.165, 1.54) is 6.33 Å². The number of aliphatic hydroxyl groups excluding tert-OH is 2. The highest BCUT2D eigenvalue weighted by Gasteiger charge is 2.36. The largest absolute Gasteiger partial charge is 0.492 e. The van der Waals surface area contributed by atoms with Crippen LogP contribution in [0.25, 0.3) is 11.0 Å². The van der Waals surface area contributed by atoms with Gasteiger partial charge in [0.1, 0.15) is 17.5 Å². The zero-order valence-electron chi connectivity index (χ0n) is 9.93. The third kappa shape index (κ3) is 1.79. The molecule has 2 aromatic rings. The van der Waals surface area contributed by atoms with E-state index >= 15 is 0 Å². The third-order valence-corrected chi connectivity index (χ3v) is 3.38. The van der Waals surface area contributed by atoms with Crippen molar-refractivity contribution in [1.29, 1.82) is 0 Å². The molecule has 3 heterocycles. The predicted octanol–water partition coefficient (Wildman–Crippen LogP) is -2.00. The molecule has 0 aromatic carbocycles. The van der Waals surface area contributed by atoms with E-state index in [4.69, 9.17) is 10.9 Å². The summed E-state index contributed by atoms with van der Waals surface area (Å²) < 4.78 is 0. The fourth-order valence-corrected chi connectivity index (χ4v) is 2.45. The van der Waals surface area contributed by atoms with Crippen LogP contribution in [0.2, 0.25) is 0 Å². The Kier molecular flexibility index (Phi) is 2.73. The van der Waals surface area contributed by atoms with Gasteiger partial charge in [0.15, 0.2) is 5.52 Å². The molecule has 3 atom stereocenters. The molecule has 0 radical (unpaired) electrons. The molecule has 0 spiro atoms. The van der Waals surface area contributed by atoms with Crippen LogP contribution in [-0.2, 0) is 0 Å². The first-order valence-electron chi connectivity index (χ1n) is 5.84. The van der Waals surface area contributed by atoms with E-state index < -0.39 is 12.1 Å². The van der Waals surface area contributed by atoms with Crippen molar-refractivity contribution >= 4 is 11.0 Å². The summed E-state index contributed by atoms with van der Waals surface area (Å²) in [6.45, 7) is -0.172. The second-order valence-electron chi connectivity index (χ2n) is 4.54. The third-order valence-electron chi connectivity index (χ3n) is 3.38. The molecule has 1 fully saturated rings. The summed E-state index contributed by atoms with van der Waals surface area (Å²) in [5.41, 5.74) is 1.18. The monoisotopic (exact) mass is 266 g/mol. The molecule has 1 aliphatic heterocycles. The Labute approximate surface area is 107 Å². The van der Waals surface area contributed by atoms with E-state index in [0.29, 0.717) is 17.6 Å². The van der Waals surface area contributed by atoms with Crippen molar-refractivity contribution in [3.63, 3.8) is 0 Å². The molecule has 9 heteroatoms. The van der Waals surface area contributed by atoms with Gasteiger partial charge in [0.25, 0.3) is 0 Å². The first-order valence-corrected chi connectivity index (χ1v) is 5.84. The summed E-state index contributed by atoms with van der Waals surface area (Å²) in [6, 6.07) is -0.707. The quantitative estimate of drug-likeness (QED) is 0.393. The van der Waals surface area contributed by atoms with Gasteiger partial charge in [0, 0.05) is 0 Å². The van der Waals surface area contributed by atoms with Crippen molar-refractivity contribution < 1.29 is 15.3 Å². The van der Waals surface area contributed by atoms with Crippen LogP contribution in [0.5, 0.6) is 5.88 Å². The van der Waals surface area contributed by atoms with Gasteiger partial charge in [-0.2, -0.15) is 9.77 Å². The molecule has 0 aliphatic carbocycles. The smallest absolute Gasteiger partial charge is 0.243 e. The van der Waals surface area contributed by atoms with Gasteiger partial charge in [-0.15, -0.1) is 5.10 Å². The second-order valence-corrected chi connectivity index (χ2v) is 4.54. The number of hydrogen-bond acceptors (Lipinski definition) is 8. The highest BCUT2D eigenvalue weighted by Crippen LogP contribution is 2.31. The van der Waals surface area contributed by atoms with E-state index in [1.54, 1.807) is 0 Å². The van der Waals surface area contributed by atoms with Crippen molar-refractivity contribution in [2.75, 3.05) is 12.4 Å². The van der Waals surface area contributed by atoms with Crippen LogP contribution in [0.4, 0.5) is 0 Å². The summed E-state index contributed by atoms with van der Waals surface area (Å²) in [5.74, 6) is 5.53. The number of hydrogen-bond donors (Lipinski definition) is 5. The molecule has 1 saturated heterocycles. The molecule has 0 bridgehead atoms. The van der Waals surface area contributed by atoms with Gasteiger partial charge < -0.3 is 26.5 Å². The van der Waals surface area contributed by atoms with Gasteiger partial charge >= 0.3 is 0 Å². The Hall–Kier alpha value is -1.97. The number of aromatic hydroxyl groups is 1. The molecule has 1 aliphatic rings. The molecule has 6 N–H and O–H groups in total. The lowest BCUT2D eigenvalue weighted by Crippen LogP contribution is -2.35. The van der Waals surface area contributed by atoms with Crippen molar-refractivity contribution in [2.45, 2.75) is 24.6 Å². The van der Waals surface area contributed by atoms with Crippen LogP contribution in [0, 0.1) is 0 Å². The fraction of sp³-hybridized carbons (Fsp3) is 0.500. The Morgan fingerprint density at radius 2 is 2.21 bits per heavy atom. The predicted molar refractivity (Wildman–Crippen MR) is 64.5 cm³/mol. The first-order chi connectivity index (χ1) is 9.11. The molecule has 2 aromatic heterocycles. The van der Waals surface area contributed by atoms with E-state index in [2.05, 4.69) is 20.4 Å². The molecular formula is C10H14N6O3. The van der Waals surface area contributed by atoms with Crippen LogP contribution in [-0.4, -0.2) is 53.9 Å². The Bertz CT molecular complexity index is 615. The minimum atomic E-state index is -0.671. The normalized spacial score (nSPS) is 27.2. The second kappa shape index (κ2) is 4.30. The maximum atomic E-state index is 9.80. The van der Waals surface area contributed by atoms with E-state index in [9.17, 15) is 10.2 Å². The van der Waals surface area contributed by atoms with Crippen LogP contribution >= 0.6 is 0 Å². The Morgan fingerprint density at radius 1 is 1.42 bits per heavy atom. The Morgan fingerprint density at radius 3 is 2.89 bits per heavy atom. The maximum Gasteiger partial charge on any atom is 0.243 e. The SMILES string of the molecule is Nn1nc2c(O)ncnc2c1[C@H]1C[C@H](O)[C@@H](CO)N1. The summed E-state index contributed by atoms with van der Waals surface area (Å²) in [7, 11) is 0. The van der Waals surface area contributed by atoms with E-state index in [0.717, 1.165) is 4.79 Å². The molecular weight excluding hydrogens is 252 g/mol. The minimum Gasteiger partial charge on any atom is -0.492 e. The van der Waals surface area contributed by atoms with Crippen molar-refractivity contribution in [2.24, 2.45) is 0 Å². The summed E-state index contributed by atoms with van der Waals surface area (Å²) in [5, 5.41) is 35.6. The first kappa shape index (κ1) is 12.1. The number of nitrogens with zero attached hydrogens (tertiary/aromatic N) is 4. The average molecular weight is 266 g/mol. The number of nitrogens with one attached hydrogen (secondary N) is 1. The highest BCUT2D eigenvalue weighted by atomic mass is 16.3. The van der Waals surface area contributed by atoms with Gasteiger partial charge in [-0.25, -0.2) is 4.98 Å². The number of aromatic nitrogens is 4. The van der Waals surface area contributed by atoms with Gasteiger partial charge in [-0.1, -0.05) is 0 Å². The Balaban J connectivity index is 2.06. The van der Waals surface area contributed by atoms with Gasteiger partial charge in [0.2, 0.25) is 5.88 Å². The number of rotatable bonds is 2. The van der Waals surface area contributed by atoms with Crippen molar-refractivity contribution in [3.05, 3.63) is 12.0 Å². The standard InChI is InChI=1S/C10H14N6O3/c11-16-9(4-1-6(18)5(2-17)14-4)7-8(15-16)10(19)13-3-12-7/h3-6,14,17-18H,1-2,11H2,(H,12,13,19)/t4-,5-,6+/m1/s1. The minimum absolute atomic E-state index is 0.172. The molecule has 0 amide bonds. The van der Waals surface area contributed by atoms with Crippen LogP contribution < -0.4 is 11.2 Å². The van der Waals surface area contributed by atoms with Crippen molar-refractivity contribution in [1.82, 2.24) is 25.2 Å². The molecule has 9 nitrogen and oxygen atoms in total. The summed E-state index contributed by atoms with van der Waals surface area (Å²) in [6.07, 6.45) is 0.932. The van der Waals surface area contributed by atoms with Gasteiger partial charge in [-0.3, -0.25) is 0 Å². The zero-order valence-corrected chi connectivity index (χ0v) is 9.93. The average Bonchev–Trinajstić information content (AvgIpc) is 2.90. The maximum absolute atomic E-state index is 9.80. The zero-order chi connectivity index (χ0) is 13.6. The topological polar surface area (TPSA) is 142 Å². The highest BCUT2D eigenvalue weighted by molar-refractivity contribution is 5.81. The molecule has 0 unspecified atom stereocenters. The van der Waals surface area contributed by atoms with Crippen LogP contribution in [0.15, 0.2) is 6.33 Å². The van der Waals surface area contributed by atoms with Gasteiger partial charge in [-0.05, 0) is 6.42 Å². The van der Waals surface area contributed by atoms with Crippen LogP contribution in [0.1, 0.15) is 18.2 Å². The number of fused-ring (bicyclic) bond motifs is 1. The number of aliphatic hydroxyl groups is 2. The molecule has 3 rings (SSSR count). The van der Waals surface area contributed by atoms with E-state index in [1.807, 2.05) is 0 Å². The lowest BCUT2D eigenvalue weighted by Gasteiger charge is -2.12. The molecule has 19 heavy (non-hydrogen) atoms. The van der Waals surface area contributed by atoms with Gasteiger partial charge in [0.05, 0.1) is 24.8 Å². The van der Waals surface area contributed by atoms with E-state index in [-0.39, 0.29) is 24.0 Å². The number of nitrogens with two attached hydrogens (primary N) is 1.